The van der Waals surface area contributed by atoms with Crippen molar-refractivity contribution in [3.8, 4) is 0 Å². The van der Waals surface area contributed by atoms with Gasteiger partial charge in [-0.15, -0.1) is 0 Å². The summed E-state index contributed by atoms with van der Waals surface area (Å²) >= 11 is 0. The number of halogens is 3. The minimum atomic E-state index is -4.08. The Hall–Kier alpha value is -0.290. The van der Waals surface area contributed by atoms with Gasteiger partial charge in [0.1, 0.15) is 0 Å². The summed E-state index contributed by atoms with van der Waals surface area (Å²) in [6.45, 7) is 4.75. The Morgan fingerprint density at radius 2 is 2.00 bits per heavy atom. The Morgan fingerprint density at radius 3 is 2.47 bits per heavy atom. The smallest absolute Gasteiger partial charge is 0.315 e. The van der Waals surface area contributed by atoms with E-state index in [9.17, 15) is 13.2 Å². The molecule has 1 fully saturated rings. The first-order chi connectivity index (χ1) is 7.94. The molecule has 1 aliphatic rings. The third kappa shape index (κ3) is 6.27. The van der Waals surface area contributed by atoms with Crippen LogP contribution in [-0.2, 0) is 0 Å². The van der Waals surface area contributed by atoms with Crippen molar-refractivity contribution in [2.45, 2.75) is 57.8 Å². The lowest BCUT2D eigenvalue weighted by Crippen LogP contribution is -2.46. The van der Waals surface area contributed by atoms with Crippen LogP contribution in [0.4, 0.5) is 13.2 Å². The summed E-state index contributed by atoms with van der Waals surface area (Å²) in [4.78, 5) is 1.60. The zero-order valence-electron chi connectivity index (χ0n) is 10.7. The SMILES string of the molecule is CCCCNCC(C)N(CC(F)(F)F)C1CC1. The summed E-state index contributed by atoms with van der Waals surface area (Å²) in [6, 6.07) is 0.112. The molecule has 1 aliphatic carbocycles. The van der Waals surface area contributed by atoms with Gasteiger partial charge in [-0.05, 0) is 32.7 Å². The standard InChI is InChI=1S/C12H23F3N2/c1-3-4-7-16-8-10(2)17(11-5-6-11)9-12(13,14)15/h10-11,16H,3-9H2,1-2H3. The summed E-state index contributed by atoms with van der Waals surface area (Å²) in [5.74, 6) is 0. The molecule has 2 nitrogen and oxygen atoms in total. The van der Waals surface area contributed by atoms with Crippen LogP contribution in [-0.4, -0.2) is 42.8 Å². The second-order valence-electron chi connectivity index (χ2n) is 4.93. The number of unbranched alkanes of at least 4 members (excludes halogenated alkanes) is 1. The van der Waals surface area contributed by atoms with E-state index in [0.717, 1.165) is 32.2 Å². The minimum absolute atomic E-state index is 0.0408. The first-order valence-corrected chi connectivity index (χ1v) is 6.47. The summed E-state index contributed by atoms with van der Waals surface area (Å²) in [5, 5.41) is 3.23. The van der Waals surface area contributed by atoms with Crippen molar-refractivity contribution in [3.63, 3.8) is 0 Å². The molecule has 1 saturated carbocycles. The molecule has 1 N–H and O–H groups in total. The fourth-order valence-electron chi connectivity index (χ4n) is 1.99. The Morgan fingerprint density at radius 1 is 1.35 bits per heavy atom. The summed E-state index contributed by atoms with van der Waals surface area (Å²) in [5.41, 5.74) is 0. The van der Waals surface area contributed by atoms with Gasteiger partial charge >= 0.3 is 6.18 Å². The molecule has 0 heterocycles. The normalized spacial score (nSPS) is 18.7. The molecule has 0 spiro atoms. The molecule has 0 aromatic rings. The highest BCUT2D eigenvalue weighted by Crippen LogP contribution is 2.31. The number of nitrogens with zero attached hydrogens (tertiary/aromatic N) is 1. The van der Waals surface area contributed by atoms with Gasteiger partial charge in [0, 0.05) is 18.6 Å². The van der Waals surface area contributed by atoms with Gasteiger partial charge in [-0.1, -0.05) is 13.3 Å². The number of hydrogen-bond donors (Lipinski definition) is 1. The molecule has 102 valence electrons. The summed E-state index contributed by atoms with van der Waals surface area (Å²) in [7, 11) is 0. The van der Waals surface area contributed by atoms with Crippen LogP contribution in [0.25, 0.3) is 0 Å². The average Bonchev–Trinajstić information content (AvgIpc) is 3.03. The van der Waals surface area contributed by atoms with Crippen molar-refractivity contribution >= 4 is 0 Å². The third-order valence-corrected chi connectivity index (χ3v) is 3.09. The van der Waals surface area contributed by atoms with Gasteiger partial charge < -0.3 is 5.32 Å². The highest BCUT2D eigenvalue weighted by Gasteiger charge is 2.39. The van der Waals surface area contributed by atoms with E-state index in [2.05, 4.69) is 12.2 Å². The van der Waals surface area contributed by atoms with Crippen LogP contribution in [0.1, 0.15) is 39.5 Å². The Bertz CT molecular complexity index is 214. The van der Waals surface area contributed by atoms with E-state index in [1.54, 1.807) is 4.90 Å². The maximum Gasteiger partial charge on any atom is 0.401 e. The second-order valence-corrected chi connectivity index (χ2v) is 4.93. The largest absolute Gasteiger partial charge is 0.401 e. The van der Waals surface area contributed by atoms with Gasteiger partial charge in [-0.3, -0.25) is 4.90 Å². The van der Waals surface area contributed by atoms with Crippen molar-refractivity contribution in [3.05, 3.63) is 0 Å². The fourth-order valence-corrected chi connectivity index (χ4v) is 1.99. The molecule has 1 unspecified atom stereocenters. The summed E-state index contributed by atoms with van der Waals surface area (Å²) in [6.07, 6.45) is -0.0727. The molecule has 0 radical (unpaired) electrons. The maximum absolute atomic E-state index is 12.4. The van der Waals surface area contributed by atoms with Gasteiger partial charge in [0.25, 0.3) is 0 Å². The van der Waals surface area contributed by atoms with E-state index in [4.69, 9.17) is 0 Å². The Labute approximate surface area is 102 Å². The van der Waals surface area contributed by atoms with Crippen LogP contribution in [0.15, 0.2) is 0 Å². The monoisotopic (exact) mass is 252 g/mol. The molecule has 5 heteroatoms. The van der Waals surface area contributed by atoms with Crippen molar-refractivity contribution in [2.75, 3.05) is 19.6 Å². The molecule has 0 aromatic carbocycles. The first kappa shape index (κ1) is 14.8. The van der Waals surface area contributed by atoms with Gasteiger partial charge in [-0.2, -0.15) is 13.2 Å². The molecule has 0 bridgehead atoms. The third-order valence-electron chi connectivity index (χ3n) is 3.09. The van der Waals surface area contributed by atoms with E-state index in [-0.39, 0.29) is 12.1 Å². The zero-order valence-corrected chi connectivity index (χ0v) is 10.7. The number of alkyl halides is 3. The maximum atomic E-state index is 12.4. The minimum Gasteiger partial charge on any atom is -0.315 e. The van der Waals surface area contributed by atoms with E-state index in [1.807, 2.05) is 6.92 Å². The van der Waals surface area contributed by atoms with Crippen molar-refractivity contribution in [2.24, 2.45) is 0 Å². The number of rotatable bonds is 8. The molecule has 0 aromatic heterocycles. The van der Waals surface area contributed by atoms with Gasteiger partial charge in [-0.25, -0.2) is 0 Å². The van der Waals surface area contributed by atoms with Crippen LogP contribution in [0, 0.1) is 0 Å². The molecule has 0 saturated heterocycles. The van der Waals surface area contributed by atoms with Crippen LogP contribution in [0.2, 0.25) is 0 Å². The van der Waals surface area contributed by atoms with E-state index < -0.39 is 12.7 Å². The fraction of sp³-hybridized carbons (Fsp3) is 1.00. The molecular weight excluding hydrogens is 229 g/mol. The van der Waals surface area contributed by atoms with Crippen molar-refractivity contribution in [1.82, 2.24) is 10.2 Å². The van der Waals surface area contributed by atoms with E-state index in [0.29, 0.717) is 6.54 Å². The van der Waals surface area contributed by atoms with Crippen LogP contribution >= 0.6 is 0 Å². The van der Waals surface area contributed by atoms with Crippen molar-refractivity contribution in [1.29, 1.82) is 0 Å². The number of hydrogen-bond acceptors (Lipinski definition) is 2. The van der Waals surface area contributed by atoms with Crippen LogP contribution in [0.5, 0.6) is 0 Å². The zero-order chi connectivity index (χ0) is 12.9. The quantitative estimate of drug-likeness (QED) is 0.668. The van der Waals surface area contributed by atoms with Crippen LogP contribution < -0.4 is 5.32 Å². The van der Waals surface area contributed by atoms with Crippen molar-refractivity contribution < 1.29 is 13.2 Å². The molecule has 1 rings (SSSR count). The van der Waals surface area contributed by atoms with Gasteiger partial charge in [0.15, 0.2) is 0 Å². The van der Waals surface area contributed by atoms with Crippen LogP contribution in [0.3, 0.4) is 0 Å². The lowest BCUT2D eigenvalue weighted by Gasteiger charge is -2.30. The molecular formula is C12H23F3N2. The lowest BCUT2D eigenvalue weighted by atomic mass is 10.2. The lowest BCUT2D eigenvalue weighted by molar-refractivity contribution is -0.151. The van der Waals surface area contributed by atoms with E-state index >= 15 is 0 Å². The van der Waals surface area contributed by atoms with Gasteiger partial charge in [0.05, 0.1) is 6.54 Å². The molecule has 1 atom stereocenters. The average molecular weight is 252 g/mol. The number of nitrogens with one attached hydrogen (secondary N) is 1. The van der Waals surface area contributed by atoms with Gasteiger partial charge in [0.2, 0.25) is 0 Å². The Balaban J connectivity index is 2.30. The summed E-state index contributed by atoms with van der Waals surface area (Å²) < 4.78 is 37.3. The topological polar surface area (TPSA) is 15.3 Å². The molecule has 17 heavy (non-hydrogen) atoms. The molecule has 0 aliphatic heterocycles. The highest BCUT2D eigenvalue weighted by molar-refractivity contribution is 4.89. The first-order valence-electron chi connectivity index (χ1n) is 6.47. The predicted molar refractivity (Wildman–Crippen MR) is 63.0 cm³/mol. The highest BCUT2D eigenvalue weighted by atomic mass is 19.4. The molecule has 0 amide bonds. The second kappa shape index (κ2) is 6.59. The van der Waals surface area contributed by atoms with E-state index in [1.165, 1.54) is 0 Å². The Kier molecular flexibility index (Phi) is 5.73. The predicted octanol–water partition coefficient (Wildman–Crippen LogP) is 2.79.